The minimum atomic E-state index is 0.0300. The molecule has 0 bridgehead atoms. The molecule has 0 spiro atoms. The first-order chi connectivity index (χ1) is 10.1. The Morgan fingerprint density at radius 2 is 2.19 bits per heavy atom. The number of rotatable bonds is 5. The molecule has 5 nitrogen and oxygen atoms in total. The van der Waals surface area contributed by atoms with Crippen molar-refractivity contribution < 1.29 is 4.79 Å². The topological polar surface area (TPSA) is 71.2 Å². The molecule has 1 unspecified atom stereocenters. The largest absolute Gasteiger partial charge is 0.370 e. The van der Waals surface area contributed by atoms with Crippen molar-refractivity contribution in [1.82, 2.24) is 10.3 Å². The monoisotopic (exact) mass is 290 g/mol. The van der Waals surface area contributed by atoms with E-state index in [0.29, 0.717) is 5.92 Å². The zero-order valence-corrected chi connectivity index (χ0v) is 13.0. The van der Waals surface area contributed by atoms with Crippen LogP contribution in [0.3, 0.4) is 0 Å². The number of hydrogen-bond acceptors (Lipinski definition) is 4. The fourth-order valence-electron chi connectivity index (χ4n) is 2.70. The molecule has 1 aromatic rings. The summed E-state index contributed by atoms with van der Waals surface area (Å²) in [7, 11) is 0. The van der Waals surface area contributed by atoms with Crippen LogP contribution in [0.2, 0.25) is 0 Å². The number of carbonyl (C=O) groups excluding carboxylic acids is 1. The van der Waals surface area contributed by atoms with Gasteiger partial charge in [-0.05, 0) is 37.3 Å². The number of carbonyl (C=O) groups is 1. The molecule has 21 heavy (non-hydrogen) atoms. The van der Waals surface area contributed by atoms with E-state index in [4.69, 9.17) is 5.73 Å². The van der Waals surface area contributed by atoms with Gasteiger partial charge in [0.2, 0.25) is 5.91 Å². The number of pyridine rings is 1. The summed E-state index contributed by atoms with van der Waals surface area (Å²) >= 11 is 0. The Morgan fingerprint density at radius 3 is 2.71 bits per heavy atom. The van der Waals surface area contributed by atoms with E-state index in [0.717, 1.165) is 44.6 Å². The predicted octanol–water partition coefficient (Wildman–Crippen LogP) is 1.84. The third kappa shape index (κ3) is 4.43. The van der Waals surface area contributed by atoms with Crippen LogP contribution < -0.4 is 16.0 Å². The lowest BCUT2D eigenvalue weighted by Crippen LogP contribution is -2.38. The maximum atomic E-state index is 10.9. The maximum Gasteiger partial charge on any atom is 0.216 e. The molecule has 1 fully saturated rings. The summed E-state index contributed by atoms with van der Waals surface area (Å²) in [4.78, 5) is 17.8. The van der Waals surface area contributed by atoms with Gasteiger partial charge in [0.15, 0.2) is 0 Å². The zero-order valence-electron chi connectivity index (χ0n) is 13.0. The standard InChI is InChI=1S/C16H26N4O/c1-3-15(17)16-5-4-14(11-19-16)20-8-6-13(7-9-20)10-18-12(2)21/h4-5,11,13,15H,3,6-10,17H2,1-2H3,(H,18,21). The van der Waals surface area contributed by atoms with Gasteiger partial charge in [0.1, 0.15) is 0 Å². The van der Waals surface area contributed by atoms with Gasteiger partial charge in [0.05, 0.1) is 17.6 Å². The van der Waals surface area contributed by atoms with Crippen LogP contribution >= 0.6 is 0 Å². The van der Waals surface area contributed by atoms with Gasteiger partial charge in [-0.1, -0.05) is 6.92 Å². The molecule has 1 saturated heterocycles. The molecule has 0 aromatic carbocycles. The summed E-state index contributed by atoms with van der Waals surface area (Å²) in [5, 5.41) is 2.91. The molecule has 1 aliphatic heterocycles. The highest BCUT2D eigenvalue weighted by atomic mass is 16.1. The molecular weight excluding hydrogens is 264 g/mol. The predicted molar refractivity (Wildman–Crippen MR) is 85.1 cm³/mol. The first-order valence-electron chi connectivity index (χ1n) is 7.81. The van der Waals surface area contributed by atoms with E-state index in [-0.39, 0.29) is 11.9 Å². The van der Waals surface area contributed by atoms with Gasteiger partial charge < -0.3 is 16.0 Å². The van der Waals surface area contributed by atoms with Crippen LogP contribution in [0.4, 0.5) is 5.69 Å². The minimum Gasteiger partial charge on any atom is -0.370 e. The molecule has 0 aliphatic carbocycles. The fraction of sp³-hybridized carbons (Fsp3) is 0.625. The number of amides is 1. The van der Waals surface area contributed by atoms with Gasteiger partial charge in [-0.25, -0.2) is 0 Å². The normalized spacial score (nSPS) is 17.6. The number of nitrogens with one attached hydrogen (secondary N) is 1. The molecule has 1 aliphatic rings. The molecule has 1 amide bonds. The summed E-state index contributed by atoms with van der Waals surface area (Å²) in [5.74, 6) is 0.648. The van der Waals surface area contributed by atoms with Crippen molar-refractivity contribution in [3.05, 3.63) is 24.0 Å². The van der Waals surface area contributed by atoms with Gasteiger partial charge in [-0.15, -0.1) is 0 Å². The van der Waals surface area contributed by atoms with Crippen LogP contribution in [0.15, 0.2) is 18.3 Å². The minimum absolute atomic E-state index is 0.0300. The van der Waals surface area contributed by atoms with Crippen LogP contribution in [-0.2, 0) is 4.79 Å². The lowest BCUT2D eigenvalue weighted by molar-refractivity contribution is -0.119. The van der Waals surface area contributed by atoms with Crippen molar-refractivity contribution in [2.45, 2.75) is 39.2 Å². The quantitative estimate of drug-likeness (QED) is 0.868. The summed E-state index contributed by atoms with van der Waals surface area (Å²) in [6, 6.07) is 4.18. The van der Waals surface area contributed by atoms with E-state index >= 15 is 0 Å². The summed E-state index contributed by atoms with van der Waals surface area (Å²) in [5.41, 5.74) is 8.11. The van der Waals surface area contributed by atoms with Crippen LogP contribution in [0, 0.1) is 5.92 Å². The lowest BCUT2D eigenvalue weighted by atomic mass is 9.96. The second kappa shape index (κ2) is 7.41. The van der Waals surface area contributed by atoms with Gasteiger partial charge in [0, 0.05) is 32.6 Å². The Labute approximate surface area is 126 Å². The van der Waals surface area contributed by atoms with Crippen molar-refractivity contribution in [1.29, 1.82) is 0 Å². The maximum absolute atomic E-state index is 10.9. The molecular formula is C16H26N4O. The molecule has 2 heterocycles. The molecule has 2 rings (SSSR count). The Kier molecular flexibility index (Phi) is 5.56. The lowest BCUT2D eigenvalue weighted by Gasteiger charge is -2.33. The molecule has 0 radical (unpaired) electrons. The Bertz CT molecular complexity index is 452. The van der Waals surface area contributed by atoms with Crippen molar-refractivity contribution in [2.75, 3.05) is 24.5 Å². The van der Waals surface area contributed by atoms with Crippen LogP contribution in [-0.4, -0.2) is 30.5 Å². The molecule has 116 valence electrons. The fourth-order valence-corrected chi connectivity index (χ4v) is 2.70. The van der Waals surface area contributed by atoms with E-state index < -0.39 is 0 Å². The average molecular weight is 290 g/mol. The number of nitrogens with zero attached hydrogens (tertiary/aromatic N) is 2. The Hall–Kier alpha value is -1.62. The molecule has 5 heteroatoms. The smallest absolute Gasteiger partial charge is 0.216 e. The second-order valence-electron chi connectivity index (χ2n) is 5.82. The van der Waals surface area contributed by atoms with Crippen molar-refractivity contribution in [2.24, 2.45) is 11.7 Å². The van der Waals surface area contributed by atoms with Gasteiger partial charge in [-0.2, -0.15) is 0 Å². The van der Waals surface area contributed by atoms with E-state index in [1.165, 1.54) is 5.69 Å². The highest BCUT2D eigenvalue weighted by molar-refractivity contribution is 5.72. The van der Waals surface area contributed by atoms with E-state index in [1.807, 2.05) is 12.3 Å². The average Bonchev–Trinajstić information content (AvgIpc) is 2.53. The van der Waals surface area contributed by atoms with Crippen LogP contribution in [0.5, 0.6) is 0 Å². The second-order valence-corrected chi connectivity index (χ2v) is 5.82. The first kappa shape index (κ1) is 15.8. The van der Waals surface area contributed by atoms with Gasteiger partial charge in [-0.3, -0.25) is 9.78 Å². The zero-order chi connectivity index (χ0) is 15.2. The van der Waals surface area contributed by atoms with Crippen molar-refractivity contribution >= 4 is 11.6 Å². The van der Waals surface area contributed by atoms with Crippen LogP contribution in [0.1, 0.15) is 44.8 Å². The number of piperidine rings is 1. The van der Waals surface area contributed by atoms with Gasteiger partial charge in [0.25, 0.3) is 0 Å². The number of hydrogen-bond donors (Lipinski definition) is 2. The van der Waals surface area contributed by atoms with E-state index in [2.05, 4.69) is 28.2 Å². The highest BCUT2D eigenvalue weighted by Gasteiger charge is 2.20. The number of aromatic nitrogens is 1. The molecule has 0 saturated carbocycles. The number of anilines is 1. The van der Waals surface area contributed by atoms with Crippen LogP contribution in [0.25, 0.3) is 0 Å². The van der Waals surface area contributed by atoms with Crippen molar-refractivity contribution in [3.8, 4) is 0 Å². The molecule has 3 N–H and O–H groups in total. The van der Waals surface area contributed by atoms with E-state index in [1.54, 1.807) is 6.92 Å². The number of nitrogens with two attached hydrogens (primary N) is 1. The third-order valence-corrected chi connectivity index (χ3v) is 4.21. The molecule has 1 aromatic heterocycles. The molecule has 1 atom stereocenters. The van der Waals surface area contributed by atoms with E-state index in [9.17, 15) is 4.79 Å². The summed E-state index contributed by atoms with van der Waals surface area (Å²) < 4.78 is 0. The summed E-state index contributed by atoms with van der Waals surface area (Å²) in [6.07, 6.45) is 5.05. The third-order valence-electron chi connectivity index (χ3n) is 4.21. The highest BCUT2D eigenvalue weighted by Crippen LogP contribution is 2.23. The van der Waals surface area contributed by atoms with Crippen molar-refractivity contribution in [3.63, 3.8) is 0 Å². The SMILES string of the molecule is CCC(N)c1ccc(N2CCC(CNC(C)=O)CC2)cn1. The first-order valence-corrected chi connectivity index (χ1v) is 7.81. The Morgan fingerprint density at radius 1 is 1.48 bits per heavy atom. The Balaban J connectivity index is 1.86. The van der Waals surface area contributed by atoms with Gasteiger partial charge >= 0.3 is 0 Å². The summed E-state index contributed by atoms with van der Waals surface area (Å²) in [6.45, 7) is 6.48.